The van der Waals surface area contributed by atoms with Crippen molar-refractivity contribution in [1.29, 1.82) is 0 Å². The molecular weight excluding hydrogens is 92.8 g/mol. The summed E-state index contributed by atoms with van der Waals surface area (Å²) in [5.74, 6) is -0.230. The van der Waals surface area contributed by atoms with Gasteiger partial charge in [0, 0.05) is 6.92 Å². The fourth-order valence-corrected chi connectivity index (χ4v) is 0.151. The molecule has 0 spiro atoms. The summed E-state index contributed by atoms with van der Waals surface area (Å²) in [6.07, 6.45) is 0.515. The van der Waals surface area contributed by atoms with E-state index in [2.05, 4.69) is 5.23 Å². The van der Waals surface area contributed by atoms with Gasteiger partial charge in [-0.2, -0.15) is 0 Å². The third kappa shape index (κ3) is 5.20. The first-order valence-electron chi connectivity index (χ1n) is 1.81. The summed E-state index contributed by atoms with van der Waals surface area (Å²) < 4.78 is 0. The zero-order valence-electron chi connectivity index (χ0n) is 3.97. The molecule has 0 fully saturated rings. The Morgan fingerprint density at radius 1 is 1.86 bits per heavy atom. The van der Waals surface area contributed by atoms with E-state index in [0.717, 1.165) is 7.41 Å². The Balaban J connectivity index is 2.97. The van der Waals surface area contributed by atoms with Gasteiger partial charge in [0.15, 0.2) is 0 Å². The van der Waals surface area contributed by atoms with Gasteiger partial charge in [-0.25, -0.2) is 0 Å². The quantitative estimate of drug-likeness (QED) is 0.353. The van der Waals surface area contributed by atoms with Crippen LogP contribution in [0.5, 0.6) is 0 Å². The highest BCUT2D eigenvalue weighted by molar-refractivity contribution is 6.66. The van der Waals surface area contributed by atoms with Crippen LogP contribution in [0.3, 0.4) is 0 Å². The van der Waals surface area contributed by atoms with Crippen LogP contribution >= 0.6 is 0 Å². The lowest BCUT2D eigenvalue weighted by Gasteiger charge is -1.86. The molecule has 0 aliphatic heterocycles. The molecule has 0 saturated heterocycles. The summed E-state index contributed by atoms with van der Waals surface area (Å²) >= 11 is 0. The van der Waals surface area contributed by atoms with Crippen molar-refractivity contribution in [2.24, 2.45) is 0 Å². The Morgan fingerprint density at radius 2 is 2.43 bits per heavy atom. The van der Waals surface area contributed by atoms with Crippen LogP contribution in [0.2, 0.25) is 0 Å². The van der Waals surface area contributed by atoms with Crippen LogP contribution in [0.25, 0.3) is 0 Å². The van der Waals surface area contributed by atoms with E-state index in [0.29, 0.717) is 6.19 Å². The first kappa shape index (κ1) is 6.20. The molecule has 7 heavy (non-hydrogen) atoms. The van der Waals surface area contributed by atoms with Gasteiger partial charge in [0.2, 0.25) is 5.91 Å². The van der Waals surface area contributed by atoms with E-state index < -0.39 is 0 Å². The number of nitrogens with one attached hydrogen (secondary N) is 1. The summed E-state index contributed by atoms with van der Waals surface area (Å²) in [7, 11) is 1.04. The molecule has 0 aromatic heterocycles. The highest BCUT2D eigenvalue weighted by Crippen LogP contribution is 1.50. The van der Waals surface area contributed by atoms with Crippen molar-refractivity contribution in [2.75, 3.05) is 0 Å². The van der Waals surface area contributed by atoms with Crippen LogP contribution in [0, 0.1) is 0 Å². The van der Waals surface area contributed by atoms with Gasteiger partial charge < -0.3 is 10.0 Å². The van der Waals surface area contributed by atoms with E-state index in [-0.39, 0.29) is 5.91 Å². The molecule has 37 valence electrons. The van der Waals surface area contributed by atoms with Gasteiger partial charge >= 0.3 is 7.41 Å². The molecule has 0 aromatic rings. The van der Waals surface area contributed by atoms with E-state index in [9.17, 15) is 9.59 Å². The van der Waals surface area contributed by atoms with Gasteiger partial charge in [-0.3, -0.25) is 4.79 Å². The third-order valence-electron chi connectivity index (χ3n) is 0.355. The Bertz CT molecular complexity index is 83.0. The van der Waals surface area contributed by atoms with Crippen LogP contribution in [0.15, 0.2) is 0 Å². The molecule has 1 radical (unpaired) electrons. The van der Waals surface area contributed by atoms with Crippen LogP contribution < -0.4 is 5.23 Å². The number of hydrogen-bond acceptors (Lipinski definition) is 2. The van der Waals surface area contributed by atoms with Crippen LogP contribution in [0.4, 0.5) is 0 Å². The van der Waals surface area contributed by atoms with Gasteiger partial charge in [0.05, 0.1) is 0 Å². The number of rotatable bonds is 2. The summed E-state index contributed by atoms with van der Waals surface area (Å²) in [5, 5.41) is 2.16. The van der Waals surface area contributed by atoms with Gasteiger partial charge in [0.25, 0.3) is 0 Å². The largest absolute Gasteiger partial charge is 0.396 e. The normalized spacial score (nSPS) is 7.00. The highest BCUT2D eigenvalue weighted by Gasteiger charge is 1.87. The van der Waals surface area contributed by atoms with Gasteiger partial charge in [-0.1, -0.05) is 0 Å². The van der Waals surface area contributed by atoms with Crippen molar-refractivity contribution < 1.29 is 9.59 Å². The Hall–Kier alpha value is -0.795. The molecule has 0 saturated carbocycles. The molecule has 1 N–H and O–H groups in total. The summed E-state index contributed by atoms with van der Waals surface area (Å²) in [5.41, 5.74) is 0. The van der Waals surface area contributed by atoms with Gasteiger partial charge in [0.1, 0.15) is 6.19 Å². The zero-order chi connectivity index (χ0) is 5.70. The van der Waals surface area contributed by atoms with Crippen molar-refractivity contribution >= 4 is 19.5 Å². The lowest BCUT2D eigenvalue weighted by Crippen LogP contribution is -2.25. The highest BCUT2D eigenvalue weighted by atomic mass is 16.1. The van der Waals surface area contributed by atoms with E-state index in [1.165, 1.54) is 6.92 Å². The number of carbonyl (C=O) groups is 2. The first-order valence-corrected chi connectivity index (χ1v) is 1.81. The minimum atomic E-state index is -0.230. The molecule has 4 heteroatoms. The maximum atomic E-state index is 9.90. The maximum Gasteiger partial charge on any atom is 0.328 e. The molecule has 0 rings (SSSR count). The van der Waals surface area contributed by atoms with Crippen molar-refractivity contribution in [3.8, 4) is 0 Å². The second-order valence-electron chi connectivity index (χ2n) is 1.00. The molecule has 0 aromatic carbocycles. The van der Waals surface area contributed by atoms with Gasteiger partial charge in [-0.05, 0) is 0 Å². The molecule has 0 unspecified atom stereocenters. The maximum absolute atomic E-state index is 9.90. The van der Waals surface area contributed by atoms with E-state index >= 15 is 0 Å². The molecule has 0 aliphatic rings. The predicted octanol–water partition coefficient (Wildman–Crippen LogP) is -1.07. The topological polar surface area (TPSA) is 46.2 Å². The van der Waals surface area contributed by atoms with Crippen LogP contribution in [0.1, 0.15) is 6.92 Å². The molecule has 1 amide bonds. The standard InChI is InChI=1S/C3H5BNO2/c1-3(7)5-4-2-6/h2H,1H3,(H,5,7). The average Bonchev–Trinajstić information content (AvgIpc) is 1.61. The molecule has 0 heterocycles. The Labute approximate surface area is 42.4 Å². The Kier molecular flexibility index (Phi) is 3.01. The first-order chi connectivity index (χ1) is 3.27. The number of carbonyl (C=O) groups excluding carboxylic acids is 2. The van der Waals surface area contributed by atoms with E-state index in [4.69, 9.17) is 0 Å². The summed E-state index contributed by atoms with van der Waals surface area (Å²) in [6, 6.07) is 0. The minimum Gasteiger partial charge on any atom is -0.396 e. The molecule has 0 bridgehead atoms. The zero-order valence-corrected chi connectivity index (χ0v) is 3.97. The minimum absolute atomic E-state index is 0.230. The number of amides is 1. The van der Waals surface area contributed by atoms with Gasteiger partial charge in [-0.15, -0.1) is 0 Å². The molecule has 3 nitrogen and oxygen atoms in total. The monoisotopic (exact) mass is 98.0 g/mol. The third-order valence-corrected chi connectivity index (χ3v) is 0.355. The van der Waals surface area contributed by atoms with Crippen molar-refractivity contribution in [1.82, 2.24) is 5.23 Å². The van der Waals surface area contributed by atoms with Crippen LogP contribution in [-0.2, 0) is 9.59 Å². The lowest BCUT2D eigenvalue weighted by molar-refractivity contribution is -0.117. The fraction of sp³-hybridized carbons (Fsp3) is 0.333. The number of hydrogen-bond donors (Lipinski definition) is 1. The van der Waals surface area contributed by atoms with Crippen LogP contribution in [-0.4, -0.2) is 19.5 Å². The fourth-order valence-electron chi connectivity index (χ4n) is 0.151. The average molecular weight is 97.9 g/mol. The van der Waals surface area contributed by atoms with E-state index in [1.54, 1.807) is 0 Å². The molecule has 0 aliphatic carbocycles. The Morgan fingerprint density at radius 3 is 2.57 bits per heavy atom. The smallest absolute Gasteiger partial charge is 0.328 e. The summed E-state index contributed by atoms with van der Waals surface area (Å²) in [4.78, 5) is 19.3. The van der Waals surface area contributed by atoms with E-state index in [1.807, 2.05) is 0 Å². The van der Waals surface area contributed by atoms with Crippen molar-refractivity contribution in [2.45, 2.75) is 6.92 Å². The predicted molar refractivity (Wildman–Crippen MR) is 26.3 cm³/mol. The van der Waals surface area contributed by atoms with Crippen molar-refractivity contribution in [3.63, 3.8) is 0 Å². The SMILES string of the molecule is CC(=O)N[B]C=O. The molecule has 0 atom stereocenters. The lowest BCUT2D eigenvalue weighted by atomic mass is 9.99. The second kappa shape index (κ2) is 3.40. The molecular formula is C3H5BNO2. The second-order valence-corrected chi connectivity index (χ2v) is 1.00. The summed E-state index contributed by atoms with van der Waals surface area (Å²) in [6.45, 7) is 1.33. The van der Waals surface area contributed by atoms with Crippen molar-refractivity contribution in [3.05, 3.63) is 0 Å².